The van der Waals surface area contributed by atoms with Crippen LogP contribution in [0.2, 0.25) is 0 Å². The smallest absolute Gasteiger partial charge is 0.229 e. The SMILES string of the molecule is O=C(Nc1ccc(-c2ccccc2)cc1)[C@H]1CC(=O)N(Cc2ccccc2)C1. The van der Waals surface area contributed by atoms with E-state index in [0.717, 1.165) is 22.4 Å². The first kappa shape index (κ1) is 18.0. The number of benzene rings is 3. The highest BCUT2D eigenvalue weighted by molar-refractivity contribution is 5.97. The summed E-state index contributed by atoms with van der Waals surface area (Å²) in [7, 11) is 0. The van der Waals surface area contributed by atoms with Crippen LogP contribution in [0.5, 0.6) is 0 Å². The van der Waals surface area contributed by atoms with Gasteiger partial charge in [0.25, 0.3) is 0 Å². The highest BCUT2D eigenvalue weighted by atomic mass is 16.2. The Kier molecular flexibility index (Phi) is 5.20. The molecule has 1 aliphatic heterocycles. The third-order valence-electron chi connectivity index (χ3n) is 5.06. The highest BCUT2D eigenvalue weighted by Crippen LogP contribution is 2.24. The third kappa shape index (κ3) is 4.12. The molecule has 0 aliphatic carbocycles. The van der Waals surface area contributed by atoms with Gasteiger partial charge >= 0.3 is 0 Å². The summed E-state index contributed by atoms with van der Waals surface area (Å²) in [5.41, 5.74) is 4.06. The molecule has 0 aromatic heterocycles. The molecule has 3 aromatic carbocycles. The fraction of sp³-hybridized carbons (Fsp3) is 0.167. The van der Waals surface area contributed by atoms with Crippen LogP contribution in [0.15, 0.2) is 84.9 Å². The van der Waals surface area contributed by atoms with Gasteiger partial charge in [0.2, 0.25) is 11.8 Å². The van der Waals surface area contributed by atoms with Crippen LogP contribution in [0.4, 0.5) is 5.69 Å². The lowest BCUT2D eigenvalue weighted by molar-refractivity contribution is -0.128. The van der Waals surface area contributed by atoms with Gasteiger partial charge in [-0.25, -0.2) is 0 Å². The van der Waals surface area contributed by atoms with Crippen LogP contribution in [-0.2, 0) is 16.1 Å². The minimum Gasteiger partial charge on any atom is -0.338 e. The van der Waals surface area contributed by atoms with Crippen LogP contribution in [0, 0.1) is 5.92 Å². The number of anilines is 1. The number of nitrogens with one attached hydrogen (secondary N) is 1. The van der Waals surface area contributed by atoms with Crippen LogP contribution in [0.1, 0.15) is 12.0 Å². The van der Waals surface area contributed by atoms with Gasteiger partial charge in [0.15, 0.2) is 0 Å². The maximum absolute atomic E-state index is 12.6. The zero-order chi connectivity index (χ0) is 19.3. The zero-order valence-electron chi connectivity index (χ0n) is 15.5. The molecule has 3 aromatic rings. The van der Waals surface area contributed by atoms with E-state index in [4.69, 9.17) is 0 Å². The summed E-state index contributed by atoms with van der Waals surface area (Å²) in [5.74, 6) is -0.384. The summed E-state index contributed by atoms with van der Waals surface area (Å²) in [4.78, 5) is 26.7. The molecule has 0 spiro atoms. The van der Waals surface area contributed by atoms with Gasteiger partial charge in [-0.15, -0.1) is 0 Å². The van der Waals surface area contributed by atoms with Gasteiger partial charge in [0.1, 0.15) is 0 Å². The van der Waals surface area contributed by atoms with Gasteiger partial charge in [-0.2, -0.15) is 0 Å². The second kappa shape index (κ2) is 8.09. The second-order valence-electron chi connectivity index (χ2n) is 7.09. The Bertz CT molecular complexity index is 953. The maximum atomic E-state index is 12.6. The molecule has 0 radical (unpaired) electrons. The lowest BCUT2D eigenvalue weighted by atomic mass is 10.0. The number of likely N-dealkylation sites (tertiary alicyclic amines) is 1. The summed E-state index contributed by atoms with van der Waals surface area (Å²) in [5, 5.41) is 2.95. The Morgan fingerprint density at radius 1 is 0.857 bits per heavy atom. The topological polar surface area (TPSA) is 49.4 Å². The van der Waals surface area contributed by atoms with Gasteiger partial charge in [-0.05, 0) is 28.8 Å². The molecule has 0 bridgehead atoms. The first-order valence-corrected chi connectivity index (χ1v) is 9.47. The van der Waals surface area contributed by atoms with Crippen molar-refractivity contribution in [3.63, 3.8) is 0 Å². The van der Waals surface area contributed by atoms with E-state index in [9.17, 15) is 9.59 Å². The van der Waals surface area contributed by atoms with Crippen molar-refractivity contribution in [2.24, 2.45) is 5.92 Å². The van der Waals surface area contributed by atoms with E-state index in [0.29, 0.717) is 13.1 Å². The first-order chi connectivity index (χ1) is 13.7. The minimum absolute atomic E-state index is 0.0310. The molecule has 0 saturated carbocycles. The molecule has 0 unspecified atom stereocenters. The molecule has 140 valence electrons. The standard InChI is InChI=1S/C24H22N2O2/c27-23-15-21(17-26(23)16-18-7-3-1-4-8-18)24(28)25-22-13-11-20(12-14-22)19-9-5-2-6-10-19/h1-14,21H,15-17H2,(H,25,28)/t21-/m0/s1. The number of rotatable bonds is 5. The van der Waals surface area contributed by atoms with Crippen LogP contribution < -0.4 is 5.32 Å². The molecule has 4 nitrogen and oxygen atoms in total. The quantitative estimate of drug-likeness (QED) is 0.726. The molecule has 1 saturated heterocycles. The fourth-order valence-electron chi connectivity index (χ4n) is 3.53. The van der Waals surface area contributed by atoms with Gasteiger partial charge < -0.3 is 10.2 Å². The van der Waals surface area contributed by atoms with E-state index in [-0.39, 0.29) is 24.2 Å². The van der Waals surface area contributed by atoms with E-state index in [2.05, 4.69) is 17.4 Å². The highest BCUT2D eigenvalue weighted by Gasteiger charge is 2.34. The molecule has 1 aliphatic rings. The molecule has 4 rings (SSSR count). The molecule has 1 fully saturated rings. The van der Waals surface area contributed by atoms with Crippen LogP contribution in [-0.4, -0.2) is 23.3 Å². The van der Waals surface area contributed by atoms with Gasteiger partial charge in [-0.1, -0.05) is 72.8 Å². The van der Waals surface area contributed by atoms with Crippen molar-refractivity contribution in [3.8, 4) is 11.1 Å². The third-order valence-corrected chi connectivity index (χ3v) is 5.06. The largest absolute Gasteiger partial charge is 0.338 e. The summed E-state index contributed by atoms with van der Waals surface area (Å²) in [6, 6.07) is 27.8. The molecule has 4 heteroatoms. The van der Waals surface area contributed by atoms with Gasteiger partial charge in [0, 0.05) is 25.2 Å². The molecule has 2 amide bonds. The van der Waals surface area contributed by atoms with Gasteiger partial charge in [0.05, 0.1) is 5.92 Å². The van der Waals surface area contributed by atoms with E-state index >= 15 is 0 Å². The van der Waals surface area contributed by atoms with Crippen LogP contribution in [0.3, 0.4) is 0 Å². The van der Waals surface area contributed by atoms with Crippen molar-refractivity contribution in [1.82, 2.24) is 4.90 Å². The van der Waals surface area contributed by atoms with E-state index in [1.165, 1.54) is 0 Å². The summed E-state index contributed by atoms with van der Waals surface area (Å²) in [6.07, 6.45) is 0.265. The van der Waals surface area contributed by atoms with Crippen LogP contribution >= 0.6 is 0 Å². The number of carbonyl (C=O) groups is 2. The lowest BCUT2D eigenvalue weighted by Crippen LogP contribution is -2.28. The Morgan fingerprint density at radius 3 is 2.14 bits per heavy atom. The van der Waals surface area contributed by atoms with Crippen molar-refractivity contribution in [2.45, 2.75) is 13.0 Å². The van der Waals surface area contributed by atoms with Gasteiger partial charge in [-0.3, -0.25) is 9.59 Å². The molecule has 1 atom stereocenters. The monoisotopic (exact) mass is 370 g/mol. The Labute approximate surface area is 164 Å². The number of carbonyl (C=O) groups excluding carboxylic acids is 2. The van der Waals surface area contributed by atoms with Crippen molar-refractivity contribution in [3.05, 3.63) is 90.5 Å². The predicted molar refractivity (Wildman–Crippen MR) is 110 cm³/mol. The number of nitrogens with zero attached hydrogens (tertiary/aromatic N) is 1. The van der Waals surface area contributed by atoms with Crippen molar-refractivity contribution >= 4 is 17.5 Å². The van der Waals surface area contributed by atoms with Crippen molar-refractivity contribution in [2.75, 3.05) is 11.9 Å². The Morgan fingerprint density at radius 2 is 1.46 bits per heavy atom. The molecule has 1 heterocycles. The van der Waals surface area contributed by atoms with E-state index < -0.39 is 0 Å². The Balaban J connectivity index is 1.37. The predicted octanol–water partition coefficient (Wildman–Crippen LogP) is 4.34. The van der Waals surface area contributed by atoms with Crippen molar-refractivity contribution < 1.29 is 9.59 Å². The zero-order valence-corrected chi connectivity index (χ0v) is 15.5. The van der Waals surface area contributed by atoms with Crippen molar-refractivity contribution in [1.29, 1.82) is 0 Å². The summed E-state index contributed by atoms with van der Waals surface area (Å²) < 4.78 is 0. The summed E-state index contributed by atoms with van der Waals surface area (Å²) >= 11 is 0. The number of amides is 2. The maximum Gasteiger partial charge on any atom is 0.229 e. The minimum atomic E-state index is -0.315. The average Bonchev–Trinajstić information content (AvgIpc) is 3.10. The first-order valence-electron chi connectivity index (χ1n) is 9.47. The average molecular weight is 370 g/mol. The molecular weight excluding hydrogens is 348 g/mol. The Hall–Kier alpha value is -3.40. The van der Waals surface area contributed by atoms with E-state index in [1.807, 2.05) is 72.8 Å². The number of hydrogen-bond acceptors (Lipinski definition) is 2. The molecule has 1 N–H and O–H groups in total. The number of hydrogen-bond donors (Lipinski definition) is 1. The normalized spacial score (nSPS) is 16.2. The molecule has 28 heavy (non-hydrogen) atoms. The second-order valence-corrected chi connectivity index (χ2v) is 7.09. The summed E-state index contributed by atoms with van der Waals surface area (Å²) in [6.45, 7) is 1.01. The van der Waals surface area contributed by atoms with Crippen LogP contribution in [0.25, 0.3) is 11.1 Å². The van der Waals surface area contributed by atoms with E-state index in [1.54, 1.807) is 4.90 Å². The molecular formula is C24H22N2O2. The fourth-order valence-corrected chi connectivity index (χ4v) is 3.53. The lowest BCUT2D eigenvalue weighted by Gasteiger charge is -2.16.